The van der Waals surface area contributed by atoms with E-state index < -0.39 is 0 Å². The van der Waals surface area contributed by atoms with Gasteiger partial charge in [0.1, 0.15) is 0 Å². The van der Waals surface area contributed by atoms with E-state index in [4.69, 9.17) is 4.74 Å². The Morgan fingerprint density at radius 3 is 2.31 bits per heavy atom. The molecule has 1 N–H and O–H groups in total. The maximum atomic E-state index is 11.2. The lowest BCUT2D eigenvalue weighted by Crippen LogP contribution is -2.36. The van der Waals surface area contributed by atoms with Gasteiger partial charge in [0.2, 0.25) is 0 Å². The van der Waals surface area contributed by atoms with Crippen LogP contribution in [-0.2, 0) is 9.53 Å². The van der Waals surface area contributed by atoms with E-state index in [0.29, 0.717) is 6.42 Å². The highest BCUT2D eigenvalue weighted by Gasteiger charge is 2.08. The predicted octanol–water partition coefficient (Wildman–Crippen LogP) is 2.89. The van der Waals surface area contributed by atoms with E-state index >= 15 is 0 Å². The summed E-state index contributed by atoms with van der Waals surface area (Å²) < 4.78 is 5.06. The monoisotopic (exact) mass is 229 g/mol. The zero-order chi connectivity index (χ0) is 12.6. The second kappa shape index (κ2) is 7.66. The van der Waals surface area contributed by atoms with Crippen molar-refractivity contribution < 1.29 is 9.53 Å². The quantitative estimate of drug-likeness (QED) is 0.539. The number of unbranched alkanes of at least 4 members (excludes halogenated alkanes) is 2. The van der Waals surface area contributed by atoms with Gasteiger partial charge < -0.3 is 10.1 Å². The summed E-state index contributed by atoms with van der Waals surface area (Å²) in [5.74, 6) is -0.0706. The van der Waals surface area contributed by atoms with Crippen molar-refractivity contribution in [3.63, 3.8) is 0 Å². The van der Waals surface area contributed by atoms with Crippen LogP contribution in [0.5, 0.6) is 0 Å². The molecule has 0 fully saturated rings. The average Bonchev–Trinajstić information content (AvgIpc) is 2.07. The van der Waals surface area contributed by atoms with Gasteiger partial charge in [-0.3, -0.25) is 4.79 Å². The number of rotatable bonds is 7. The van der Waals surface area contributed by atoms with Crippen LogP contribution in [0.1, 0.15) is 60.3 Å². The molecule has 3 nitrogen and oxygen atoms in total. The molecule has 0 unspecified atom stereocenters. The summed E-state index contributed by atoms with van der Waals surface area (Å²) in [4.78, 5) is 11.2. The molecular formula is C13H27NO2. The lowest BCUT2D eigenvalue weighted by Gasteiger charge is -2.20. The molecule has 0 aromatic rings. The second-order valence-electron chi connectivity index (χ2n) is 5.53. The van der Waals surface area contributed by atoms with Crippen LogP contribution in [-0.4, -0.2) is 24.2 Å². The number of esters is 1. The minimum Gasteiger partial charge on any atom is -0.463 e. The van der Waals surface area contributed by atoms with Gasteiger partial charge in [0, 0.05) is 12.0 Å². The number of hydrogen-bond donors (Lipinski definition) is 1. The third-order valence-electron chi connectivity index (χ3n) is 2.08. The Morgan fingerprint density at radius 1 is 1.19 bits per heavy atom. The first-order valence-electron chi connectivity index (χ1n) is 6.26. The molecule has 96 valence electrons. The first-order chi connectivity index (χ1) is 7.31. The van der Waals surface area contributed by atoms with Gasteiger partial charge in [-0.2, -0.15) is 0 Å². The number of carbonyl (C=O) groups excluding carboxylic acids is 1. The molecule has 0 aromatic carbocycles. The minimum atomic E-state index is -0.0706. The summed E-state index contributed by atoms with van der Waals surface area (Å²) in [5.41, 5.74) is 0.191. The Balaban J connectivity index is 3.31. The third kappa shape index (κ3) is 11.5. The lowest BCUT2D eigenvalue weighted by molar-refractivity contribution is -0.147. The van der Waals surface area contributed by atoms with Crippen LogP contribution in [0.15, 0.2) is 0 Å². The SMILES string of the molecule is CC(C)OC(=O)CCCCCNC(C)(C)C. The highest BCUT2D eigenvalue weighted by molar-refractivity contribution is 5.69. The fourth-order valence-electron chi connectivity index (χ4n) is 1.36. The van der Waals surface area contributed by atoms with Crippen LogP contribution < -0.4 is 5.32 Å². The summed E-state index contributed by atoms with van der Waals surface area (Å²) in [6.07, 6.45) is 3.68. The summed E-state index contributed by atoms with van der Waals surface area (Å²) in [7, 11) is 0. The number of carbonyl (C=O) groups is 1. The molecule has 0 heterocycles. The molecule has 0 rings (SSSR count). The Labute approximate surface area is 99.9 Å². The van der Waals surface area contributed by atoms with Gasteiger partial charge in [0.25, 0.3) is 0 Å². The molecule has 3 heteroatoms. The molecule has 16 heavy (non-hydrogen) atoms. The largest absolute Gasteiger partial charge is 0.463 e. The van der Waals surface area contributed by atoms with Gasteiger partial charge >= 0.3 is 5.97 Å². The first kappa shape index (κ1) is 15.4. The predicted molar refractivity (Wildman–Crippen MR) is 67.5 cm³/mol. The maximum Gasteiger partial charge on any atom is 0.306 e. The summed E-state index contributed by atoms with van der Waals surface area (Å²) in [6, 6.07) is 0. The number of nitrogens with one attached hydrogen (secondary N) is 1. The molecule has 0 aromatic heterocycles. The van der Waals surface area contributed by atoms with Gasteiger partial charge in [-0.1, -0.05) is 6.42 Å². The van der Waals surface area contributed by atoms with Crippen molar-refractivity contribution in [3.8, 4) is 0 Å². The molecule has 0 aliphatic heterocycles. The van der Waals surface area contributed by atoms with Crippen molar-refractivity contribution in [2.75, 3.05) is 6.54 Å². The summed E-state index contributed by atoms with van der Waals surface area (Å²) in [5, 5.41) is 3.43. The van der Waals surface area contributed by atoms with Gasteiger partial charge in [-0.05, 0) is 54.0 Å². The highest BCUT2D eigenvalue weighted by Crippen LogP contribution is 2.04. The van der Waals surface area contributed by atoms with Crippen molar-refractivity contribution in [2.24, 2.45) is 0 Å². The number of ether oxygens (including phenoxy) is 1. The standard InChI is InChI=1S/C13H27NO2/c1-11(2)16-12(15)9-7-6-8-10-14-13(3,4)5/h11,14H,6-10H2,1-5H3. The van der Waals surface area contributed by atoms with Crippen LogP contribution in [0, 0.1) is 0 Å². The summed E-state index contributed by atoms with van der Waals surface area (Å²) in [6.45, 7) is 11.3. The molecule has 0 aliphatic rings. The first-order valence-corrected chi connectivity index (χ1v) is 6.26. The zero-order valence-electron chi connectivity index (χ0n) is 11.4. The minimum absolute atomic E-state index is 0.00931. The van der Waals surface area contributed by atoms with Crippen molar-refractivity contribution >= 4 is 5.97 Å². The van der Waals surface area contributed by atoms with Crippen LogP contribution in [0.4, 0.5) is 0 Å². The maximum absolute atomic E-state index is 11.2. The van der Waals surface area contributed by atoms with E-state index in [1.54, 1.807) is 0 Å². The van der Waals surface area contributed by atoms with Crippen molar-refractivity contribution in [1.29, 1.82) is 0 Å². The zero-order valence-corrected chi connectivity index (χ0v) is 11.4. The Morgan fingerprint density at radius 2 is 1.81 bits per heavy atom. The Bertz CT molecular complexity index is 195. The summed E-state index contributed by atoms with van der Waals surface area (Å²) >= 11 is 0. The van der Waals surface area contributed by atoms with E-state index in [-0.39, 0.29) is 17.6 Å². The van der Waals surface area contributed by atoms with E-state index in [2.05, 4.69) is 26.1 Å². The second-order valence-corrected chi connectivity index (χ2v) is 5.53. The van der Waals surface area contributed by atoms with Crippen LogP contribution in [0.2, 0.25) is 0 Å². The Kier molecular flexibility index (Phi) is 7.39. The molecule has 0 saturated heterocycles. The average molecular weight is 229 g/mol. The molecular weight excluding hydrogens is 202 g/mol. The van der Waals surface area contributed by atoms with Crippen molar-refractivity contribution in [3.05, 3.63) is 0 Å². The van der Waals surface area contributed by atoms with Crippen LogP contribution >= 0.6 is 0 Å². The van der Waals surface area contributed by atoms with Gasteiger partial charge in [0.15, 0.2) is 0 Å². The van der Waals surface area contributed by atoms with Crippen molar-refractivity contribution in [2.45, 2.75) is 71.9 Å². The molecule has 0 saturated carbocycles. The topological polar surface area (TPSA) is 38.3 Å². The fourth-order valence-corrected chi connectivity index (χ4v) is 1.36. The molecule has 0 spiro atoms. The van der Waals surface area contributed by atoms with E-state index in [0.717, 1.165) is 25.8 Å². The van der Waals surface area contributed by atoms with E-state index in [9.17, 15) is 4.79 Å². The van der Waals surface area contributed by atoms with Gasteiger partial charge in [0.05, 0.1) is 6.10 Å². The van der Waals surface area contributed by atoms with Crippen LogP contribution in [0.3, 0.4) is 0 Å². The molecule has 0 bridgehead atoms. The highest BCUT2D eigenvalue weighted by atomic mass is 16.5. The van der Waals surface area contributed by atoms with Crippen LogP contribution in [0.25, 0.3) is 0 Å². The molecule has 0 aliphatic carbocycles. The molecule has 0 radical (unpaired) electrons. The smallest absolute Gasteiger partial charge is 0.306 e. The number of hydrogen-bond acceptors (Lipinski definition) is 3. The lowest BCUT2D eigenvalue weighted by atomic mass is 10.1. The Hall–Kier alpha value is -0.570. The normalized spacial score (nSPS) is 11.9. The van der Waals surface area contributed by atoms with Gasteiger partial charge in [-0.25, -0.2) is 0 Å². The molecule has 0 atom stereocenters. The van der Waals surface area contributed by atoms with E-state index in [1.165, 1.54) is 0 Å². The third-order valence-corrected chi connectivity index (χ3v) is 2.08. The van der Waals surface area contributed by atoms with Gasteiger partial charge in [-0.15, -0.1) is 0 Å². The van der Waals surface area contributed by atoms with E-state index in [1.807, 2.05) is 13.8 Å². The molecule has 0 amide bonds. The fraction of sp³-hybridized carbons (Fsp3) is 0.923. The van der Waals surface area contributed by atoms with Crippen molar-refractivity contribution in [1.82, 2.24) is 5.32 Å².